The zero-order valence-electron chi connectivity index (χ0n) is 14.9. The normalized spacial score (nSPS) is 22.3. The molecule has 2 amide bonds. The minimum atomic E-state index is -0.314. The monoisotopic (exact) mass is 369 g/mol. The zero-order chi connectivity index (χ0) is 18.1. The standard InChI is InChI=1S/C20H23N3O2S/c1-15-5-2-3-7-17(15)23-19(24)13-18(20(23)25)22-10-8-21(9-11-22)14-16-6-4-12-26-16/h2-7,12,18H,8-11,13-14H2,1H3/t18-/m1/s1. The number of hydrogen-bond acceptors (Lipinski definition) is 5. The van der Waals surface area contributed by atoms with Crippen molar-refractivity contribution in [1.82, 2.24) is 9.80 Å². The van der Waals surface area contributed by atoms with Crippen LogP contribution in [-0.4, -0.2) is 53.8 Å². The van der Waals surface area contributed by atoms with Crippen LogP contribution < -0.4 is 4.90 Å². The number of aryl methyl sites for hydroxylation is 1. The molecule has 0 bridgehead atoms. The molecule has 2 aliphatic rings. The SMILES string of the molecule is Cc1ccccc1N1C(=O)C[C@@H](N2CCN(Cc3cccs3)CC2)C1=O. The lowest BCUT2D eigenvalue weighted by atomic mass is 10.1. The molecule has 0 spiro atoms. The van der Waals surface area contributed by atoms with E-state index in [1.807, 2.05) is 31.2 Å². The third kappa shape index (κ3) is 3.32. The summed E-state index contributed by atoms with van der Waals surface area (Å²) in [6, 6.07) is 11.5. The summed E-state index contributed by atoms with van der Waals surface area (Å²) in [6.45, 7) is 6.43. The first-order valence-corrected chi connectivity index (χ1v) is 9.92. The summed E-state index contributed by atoms with van der Waals surface area (Å²) in [7, 11) is 0. The van der Waals surface area contributed by atoms with Crippen molar-refractivity contribution in [3.8, 4) is 0 Å². The molecule has 2 aromatic rings. The highest BCUT2D eigenvalue weighted by molar-refractivity contribution is 7.09. The second-order valence-corrected chi connectivity index (χ2v) is 8.00. The Kier molecular flexibility index (Phi) is 4.89. The molecular formula is C20H23N3O2S. The van der Waals surface area contributed by atoms with E-state index >= 15 is 0 Å². The van der Waals surface area contributed by atoms with Crippen molar-refractivity contribution in [1.29, 1.82) is 0 Å². The van der Waals surface area contributed by atoms with Crippen LogP contribution in [0.2, 0.25) is 0 Å². The summed E-state index contributed by atoms with van der Waals surface area (Å²) in [5.41, 5.74) is 1.68. The van der Waals surface area contributed by atoms with Crippen LogP contribution in [-0.2, 0) is 16.1 Å². The molecule has 0 saturated carbocycles. The van der Waals surface area contributed by atoms with Crippen molar-refractivity contribution in [3.05, 3.63) is 52.2 Å². The molecule has 2 saturated heterocycles. The molecule has 0 radical (unpaired) electrons. The molecule has 1 atom stereocenters. The first kappa shape index (κ1) is 17.4. The second kappa shape index (κ2) is 7.31. The molecule has 2 aliphatic heterocycles. The Balaban J connectivity index is 1.41. The van der Waals surface area contributed by atoms with Crippen molar-refractivity contribution in [2.24, 2.45) is 0 Å². The number of benzene rings is 1. The number of amides is 2. The Morgan fingerprint density at radius 2 is 1.81 bits per heavy atom. The lowest BCUT2D eigenvalue weighted by Crippen LogP contribution is -2.52. The molecule has 3 heterocycles. The van der Waals surface area contributed by atoms with Gasteiger partial charge in [0.15, 0.2) is 0 Å². The van der Waals surface area contributed by atoms with Crippen molar-refractivity contribution < 1.29 is 9.59 Å². The number of anilines is 1. The summed E-state index contributed by atoms with van der Waals surface area (Å²) in [6.07, 6.45) is 0.290. The largest absolute Gasteiger partial charge is 0.296 e. The van der Waals surface area contributed by atoms with Gasteiger partial charge in [-0.05, 0) is 30.0 Å². The van der Waals surface area contributed by atoms with E-state index in [2.05, 4.69) is 27.3 Å². The van der Waals surface area contributed by atoms with Gasteiger partial charge in [-0.2, -0.15) is 0 Å². The van der Waals surface area contributed by atoms with Gasteiger partial charge in [-0.15, -0.1) is 11.3 Å². The first-order chi connectivity index (χ1) is 12.6. The van der Waals surface area contributed by atoms with Crippen molar-refractivity contribution in [2.75, 3.05) is 31.1 Å². The van der Waals surface area contributed by atoms with Crippen LogP contribution in [0.15, 0.2) is 41.8 Å². The van der Waals surface area contributed by atoms with E-state index in [1.165, 1.54) is 9.78 Å². The Bertz CT molecular complexity index is 797. The van der Waals surface area contributed by atoms with E-state index in [0.717, 1.165) is 44.0 Å². The van der Waals surface area contributed by atoms with Gasteiger partial charge >= 0.3 is 0 Å². The van der Waals surface area contributed by atoms with Crippen LogP contribution in [0.25, 0.3) is 0 Å². The second-order valence-electron chi connectivity index (χ2n) is 6.97. The Morgan fingerprint density at radius 1 is 1.04 bits per heavy atom. The van der Waals surface area contributed by atoms with E-state index < -0.39 is 0 Å². The van der Waals surface area contributed by atoms with E-state index in [1.54, 1.807) is 11.3 Å². The van der Waals surface area contributed by atoms with Gasteiger partial charge in [0.05, 0.1) is 18.2 Å². The number of rotatable bonds is 4. The number of thiophene rings is 1. The molecule has 0 unspecified atom stereocenters. The quantitative estimate of drug-likeness (QED) is 0.777. The fraction of sp³-hybridized carbons (Fsp3) is 0.400. The predicted molar refractivity (Wildman–Crippen MR) is 103 cm³/mol. The fourth-order valence-corrected chi connectivity index (χ4v) is 4.57. The van der Waals surface area contributed by atoms with Crippen molar-refractivity contribution in [2.45, 2.75) is 25.9 Å². The summed E-state index contributed by atoms with van der Waals surface area (Å²) in [5, 5.41) is 2.11. The Morgan fingerprint density at radius 3 is 2.50 bits per heavy atom. The molecular weight excluding hydrogens is 346 g/mol. The Hall–Kier alpha value is -2.02. The molecule has 6 heteroatoms. The molecule has 2 fully saturated rings. The molecule has 26 heavy (non-hydrogen) atoms. The van der Waals surface area contributed by atoms with Crippen LogP contribution in [0.4, 0.5) is 5.69 Å². The average molecular weight is 369 g/mol. The van der Waals surface area contributed by atoms with E-state index in [4.69, 9.17) is 0 Å². The van der Waals surface area contributed by atoms with Crippen LogP contribution in [0.1, 0.15) is 16.9 Å². The van der Waals surface area contributed by atoms with Gasteiger partial charge in [0, 0.05) is 37.6 Å². The van der Waals surface area contributed by atoms with Gasteiger partial charge in [0.2, 0.25) is 5.91 Å². The maximum atomic E-state index is 13.0. The number of piperazine rings is 1. The molecule has 1 aromatic carbocycles. The third-order valence-electron chi connectivity index (χ3n) is 5.29. The van der Waals surface area contributed by atoms with E-state index in [0.29, 0.717) is 0 Å². The first-order valence-electron chi connectivity index (χ1n) is 9.04. The molecule has 0 aliphatic carbocycles. The summed E-state index contributed by atoms with van der Waals surface area (Å²) in [5.74, 6) is -0.161. The highest BCUT2D eigenvalue weighted by atomic mass is 32.1. The number of carbonyl (C=O) groups is 2. The summed E-state index contributed by atoms with van der Waals surface area (Å²) < 4.78 is 0. The van der Waals surface area contributed by atoms with Gasteiger partial charge in [-0.1, -0.05) is 24.3 Å². The highest BCUT2D eigenvalue weighted by Gasteiger charge is 2.43. The van der Waals surface area contributed by atoms with Gasteiger partial charge < -0.3 is 0 Å². The van der Waals surface area contributed by atoms with Gasteiger partial charge in [-0.25, -0.2) is 4.90 Å². The van der Waals surface area contributed by atoms with Gasteiger partial charge in [0.25, 0.3) is 5.91 Å². The number of hydrogen-bond donors (Lipinski definition) is 0. The maximum Gasteiger partial charge on any atom is 0.251 e. The van der Waals surface area contributed by atoms with Gasteiger partial charge in [-0.3, -0.25) is 19.4 Å². The lowest BCUT2D eigenvalue weighted by Gasteiger charge is -2.36. The van der Waals surface area contributed by atoms with Crippen molar-refractivity contribution in [3.63, 3.8) is 0 Å². The topological polar surface area (TPSA) is 43.9 Å². The molecule has 136 valence electrons. The van der Waals surface area contributed by atoms with E-state index in [-0.39, 0.29) is 24.3 Å². The third-order valence-corrected chi connectivity index (χ3v) is 6.15. The number of nitrogens with zero attached hydrogens (tertiary/aromatic N) is 3. The maximum absolute atomic E-state index is 13.0. The predicted octanol–water partition coefficient (Wildman–Crippen LogP) is 2.51. The van der Waals surface area contributed by atoms with Crippen LogP contribution >= 0.6 is 11.3 Å². The Labute approximate surface area is 157 Å². The fourth-order valence-electron chi connectivity index (χ4n) is 3.82. The lowest BCUT2D eigenvalue weighted by molar-refractivity contribution is -0.123. The molecule has 5 nitrogen and oxygen atoms in total. The number of carbonyl (C=O) groups excluding carboxylic acids is 2. The van der Waals surface area contributed by atoms with Crippen LogP contribution in [0.5, 0.6) is 0 Å². The summed E-state index contributed by atoms with van der Waals surface area (Å²) in [4.78, 5) is 32.9. The zero-order valence-corrected chi connectivity index (χ0v) is 15.7. The minimum absolute atomic E-state index is 0.0731. The average Bonchev–Trinajstić information content (AvgIpc) is 3.25. The smallest absolute Gasteiger partial charge is 0.251 e. The summed E-state index contributed by atoms with van der Waals surface area (Å²) >= 11 is 1.78. The molecule has 4 rings (SSSR count). The van der Waals surface area contributed by atoms with Crippen LogP contribution in [0, 0.1) is 6.92 Å². The number of imide groups is 1. The molecule has 1 aromatic heterocycles. The van der Waals surface area contributed by atoms with Gasteiger partial charge in [0.1, 0.15) is 0 Å². The molecule has 0 N–H and O–H groups in total. The number of para-hydroxylation sites is 1. The van der Waals surface area contributed by atoms with Crippen LogP contribution in [0.3, 0.4) is 0 Å². The van der Waals surface area contributed by atoms with E-state index in [9.17, 15) is 9.59 Å². The highest BCUT2D eigenvalue weighted by Crippen LogP contribution is 2.28. The minimum Gasteiger partial charge on any atom is -0.296 e. The van der Waals surface area contributed by atoms with Crippen molar-refractivity contribution >= 4 is 28.8 Å².